The van der Waals surface area contributed by atoms with Crippen LogP contribution in [0.1, 0.15) is 24.2 Å². The lowest BCUT2D eigenvalue weighted by Crippen LogP contribution is -2.48. The number of nitrogens with zero attached hydrogens (tertiary/aromatic N) is 2. The summed E-state index contributed by atoms with van der Waals surface area (Å²) in [7, 11) is -3.69. The monoisotopic (exact) mass is 429 g/mol. The van der Waals surface area contributed by atoms with E-state index in [-0.39, 0.29) is 48.6 Å². The normalized spacial score (nSPS) is 22.3. The van der Waals surface area contributed by atoms with Gasteiger partial charge in [-0.25, -0.2) is 8.42 Å². The largest absolute Gasteiger partial charge is 0.373 e. The summed E-state index contributed by atoms with van der Waals surface area (Å²) in [4.78, 5) is 26.5. The number of sulfonamides is 1. The van der Waals surface area contributed by atoms with Gasteiger partial charge < -0.3 is 10.1 Å². The van der Waals surface area contributed by atoms with Crippen LogP contribution in [0.25, 0.3) is 0 Å². The molecule has 158 valence electrons. The van der Waals surface area contributed by atoms with Crippen molar-refractivity contribution in [2.24, 2.45) is 0 Å². The molecule has 1 saturated heterocycles. The second kappa shape index (κ2) is 7.82. The van der Waals surface area contributed by atoms with Crippen LogP contribution in [0.15, 0.2) is 53.4 Å². The number of fused-ring (bicyclic) bond motifs is 1. The number of hydrogen-bond acceptors (Lipinski definition) is 5. The number of para-hydroxylation sites is 2. The summed E-state index contributed by atoms with van der Waals surface area (Å²) >= 11 is 0. The fourth-order valence-electron chi connectivity index (χ4n) is 3.82. The van der Waals surface area contributed by atoms with Gasteiger partial charge in [0.15, 0.2) is 0 Å². The highest BCUT2D eigenvalue weighted by Crippen LogP contribution is 2.30. The van der Waals surface area contributed by atoms with Crippen LogP contribution in [0, 0.1) is 0 Å². The summed E-state index contributed by atoms with van der Waals surface area (Å²) < 4.78 is 33.0. The first-order chi connectivity index (χ1) is 14.3. The number of benzene rings is 2. The van der Waals surface area contributed by atoms with Crippen LogP contribution in [-0.4, -0.2) is 56.4 Å². The van der Waals surface area contributed by atoms with Crippen LogP contribution in [-0.2, 0) is 19.6 Å². The maximum atomic E-state index is 13.0. The van der Waals surface area contributed by atoms with Gasteiger partial charge in [0, 0.05) is 18.7 Å². The van der Waals surface area contributed by atoms with Crippen LogP contribution >= 0.6 is 0 Å². The third-order valence-corrected chi connectivity index (χ3v) is 6.99. The zero-order chi connectivity index (χ0) is 21.5. The van der Waals surface area contributed by atoms with Gasteiger partial charge in [0.2, 0.25) is 15.9 Å². The molecule has 2 heterocycles. The van der Waals surface area contributed by atoms with Gasteiger partial charge >= 0.3 is 0 Å². The third-order valence-electron chi connectivity index (χ3n) is 5.14. The number of ether oxygens (including phenoxy) is 1. The summed E-state index contributed by atoms with van der Waals surface area (Å²) in [5, 5.41) is 2.74. The molecule has 0 saturated carbocycles. The van der Waals surface area contributed by atoms with E-state index in [9.17, 15) is 18.0 Å². The molecule has 1 fully saturated rings. The molecule has 30 heavy (non-hydrogen) atoms. The SMILES string of the molecule is C[C@@H]1CN(S(=O)(=O)c2ccc(C(=O)N3CC(=O)Nc4ccccc43)cc2)C[C@@H](C)O1. The number of amides is 2. The van der Waals surface area contributed by atoms with Crippen LogP contribution < -0.4 is 10.2 Å². The van der Waals surface area contributed by atoms with Crippen LogP contribution in [0.5, 0.6) is 0 Å². The van der Waals surface area contributed by atoms with E-state index in [4.69, 9.17) is 4.74 Å². The van der Waals surface area contributed by atoms with Crippen molar-refractivity contribution in [2.45, 2.75) is 31.0 Å². The van der Waals surface area contributed by atoms with Crippen molar-refractivity contribution in [3.8, 4) is 0 Å². The topological polar surface area (TPSA) is 96.0 Å². The van der Waals surface area contributed by atoms with E-state index < -0.39 is 10.0 Å². The smallest absolute Gasteiger partial charge is 0.258 e. The second-order valence-electron chi connectivity index (χ2n) is 7.56. The molecule has 0 spiro atoms. The maximum absolute atomic E-state index is 13.0. The summed E-state index contributed by atoms with van der Waals surface area (Å²) in [6.45, 7) is 4.15. The van der Waals surface area contributed by atoms with Crippen molar-refractivity contribution < 1.29 is 22.7 Å². The van der Waals surface area contributed by atoms with E-state index in [1.54, 1.807) is 24.3 Å². The Bertz CT molecular complexity index is 1070. The molecule has 4 rings (SSSR count). The molecular formula is C21H23N3O5S. The molecule has 0 unspecified atom stereocenters. The minimum Gasteiger partial charge on any atom is -0.373 e. The maximum Gasteiger partial charge on any atom is 0.258 e. The Labute approximate surface area is 175 Å². The zero-order valence-electron chi connectivity index (χ0n) is 16.7. The minimum atomic E-state index is -3.69. The van der Waals surface area contributed by atoms with E-state index in [0.717, 1.165) is 0 Å². The summed E-state index contributed by atoms with van der Waals surface area (Å²) in [5.41, 5.74) is 1.48. The van der Waals surface area contributed by atoms with Crippen LogP contribution in [0.4, 0.5) is 11.4 Å². The van der Waals surface area contributed by atoms with Gasteiger partial charge in [0.1, 0.15) is 6.54 Å². The van der Waals surface area contributed by atoms with Crippen LogP contribution in [0.3, 0.4) is 0 Å². The van der Waals surface area contributed by atoms with Gasteiger partial charge in [-0.3, -0.25) is 14.5 Å². The van der Waals surface area contributed by atoms with Crippen molar-refractivity contribution >= 4 is 33.2 Å². The minimum absolute atomic E-state index is 0.0978. The van der Waals surface area contributed by atoms with Gasteiger partial charge in [-0.05, 0) is 50.2 Å². The molecule has 8 nitrogen and oxygen atoms in total. The fraction of sp³-hybridized carbons (Fsp3) is 0.333. The van der Waals surface area contributed by atoms with Crippen molar-refractivity contribution in [1.82, 2.24) is 4.31 Å². The molecule has 2 atom stereocenters. The first-order valence-corrected chi connectivity index (χ1v) is 11.2. The lowest BCUT2D eigenvalue weighted by molar-refractivity contribution is -0.115. The van der Waals surface area contributed by atoms with Crippen molar-refractivity contribution in [1.29, 1.82) is 0 Å². The quantitative estimate of drug-likeness (QED) is 0.806. The number of morpholine rings is 1. The Hall–Kier alpha value is -2.75. The molecule has 0 radical (unpaired) electrons. The molecule has 2 aliphatic rings. The number of anilines is 2. The Balaban J connectivity index is 1.58. The van der Waals surface area contributed by atoms with E-state index in [2.05, 4.69) is 5.32 Å². The highest BCUT2D eigenvalue weighted by Gasteiger charge is 2.33. The molecule has 2 aromatic carbocycles. The Morgan fingerprint density at radius 3 is 2.33 bits per heavy atom. The van der Waals surface area contributed by atoms with Gasteiger partial charge in [0.05, 0.1) is 28.5 Å². The predicted molar refractivity (Wildman–Crippen MR) is 112 cm³/mol. The van der Waals surface area contributed by atoms with E-state index in [1.807, 2.05) is 13.8 Å². The molecule has 2 aromatic rings. The molecule has 0 aliphatic carbocycles. The molecule has 1 N–H and O–H groups in total. The highest BCUT2D eigenvalue weighted by atomic mass is 32.2. The molecule has 9 heteroatoms. The molecule has 2 aliphatic heterocycles. The predicted octanol–water partition coefficient (Wildman–Crippen LogP) is 2.08. The van der Waals surface area contributed by atoms with Crippen LogP contribution in [0.2, 0.25) is 0 Å². The Morgan fingerprint density at radius 2 is 1.67 bits per heavy atom. The molecular weight excluding hydrogens is 406 g/mol. The summed E-state index contributed by atoms with van der Waals surface area (Å²) in [6, 6.07) is 12.9. The fourth-order valence-corrected chi connectivity index (χ4v) is 5.41. The average molecular weight is 429 g/mol. The number of rotatable bonds is 3. The van der Waals surface area contributed by atoms with Crippen molar-refractivity contribution in [3.63, 3.8) is 0 Å². The molecule has 0 bridgehead atoms. The van der Waals surface area contributed by atoms with E-state index in [1.165, 1.54) is 33.5 Å². The molecule has 2 amide bonds. The van der Waals surface area contributed by atoms with Gasteiger partial charge in [-0.2, -0.15) is 4.31 Å². The lowest BCUT2D eigenvalue weighted by Gasteiger charge is -2.34. The highest BCUT2D eigenvalue weighted by molar-refractivity contribution is 7.89. The standard InChI is InChI=1S/C21H23N3O5S/c1-14-11-23(12-15(2)29-14)30(27,28)17-9-7-16(8-10-17)21(26)24-13-20(25)22-18-5-3-4-6-19(18)24/h3-10,14-15H,11-13H2,1-2H3,(H,22,25)/t14-,15-/m1/s1. The lowest BCUT2D eigenvalue weighted by atomic mass is 10.1. The summed E-state index contributed by atoms with van der Waals surface area (Å²) in [5.74, 6) is -0.647. The zero-order valence-corrected chi connectivity index (χ0v) is 17.6. The van der Waals surface area contributed by atoms with Crippen molar-refractivity contribution in [3.05, 3.63) is 54.1 Å². The summed E-state index contributed by atoms with van der Waals surface area (Å²) in [6.07, 6.45) is -0.371. The van der Waals surface area contributed by atoms with E-state index >= 15 is 0 Å². The van der Waals surface area contributed by atoms with Crippen molar-refractivity contribution in [2.75, 3.05) is 29.9 Å². The average Bonchev–Trinajstić information content (AvgIpc) is 2.72. The van der Waals surface area contributed by atoms with E-state index in [0.29, 0.717) is 16.9 Å². The van der Waals surface area contributed by atoms with Gasteiger partial charge in [-0.15, -0.1) is 0 Å². The Kier molecular flexibility index (Phi) is 5.35. The number of nitrogens with one attached hydrogen (secondary N) is 1. The second-order valence-corrected chi connectivity index (χ2v) is 9.50. The number of carbonyl (C=O) groups is 2. The Morgan fingerprint density at radius 1 is 1.03 bits per heavy atom. The van der Waals surface area contributed by atoms with Gasteiger partial charge in [0.25, 0.3) is 5.91 Å². The third kappa shape index (κ3) is 3.83. The van der Waals surface area contributed by atoms with Gasteiger partial charge in [-0.1, -0.05) is 12.1 Å². The number of hydrogen-bond donors (Lipinski definition) is 1. The molecule has 0 aromatic heterocycles. The first kappa shape index (κ1) is 20.5. The number of carbonyl (C=O) groups excluding carboxylic acids is 2. The first-order valence-electron chi connectivity index (χ1n) is 9.72.